The van der Waals surface area contributed by atoms with Crippen LogP contribution in [0.4, 0.5) is 0 Å². The summed E-state index contributed by atoms with van der Waals surface area (Å²) < 4.78 is 9.04. The first kappa shape index (κ1) is 35.5. The van der Waals surface area contributed by atoms with E-state index in [1.54, 1.807) is 0 Å². The highest BCUT2D eigenvalue weighted by Gasteiger charge is 2.21. The smallest absolute Gasteiger partial charge is 0.164 e. The maximum absolute atomic E-state index is 6.65. The highest BCUT2D eigenvalue weighted by molar-refractivity contribution is 6.24. The molecule has 0 aliphatic heterocycles. The zero-order chi connectivity index (χ0) is 41.0. The van der Waals surface area contributed by atoms with Gasteiger partial charge in [-0.1, -0.05) is 170 Å². The summed E-state index contributed by atoms with van der Waals surface area (Å²) in [6.45, 7) is 0. The molecule has 3 heterocycles. The Morgan fingerprint density at radius 3 is 1.42 bits per heavy atom. The van der Waals surface area contributed by atoms with Crippen LogP contribution in [0.3, 0.4) is 0 Å². The normalized spacial score (nSPS) is 11.5. The lowest BCUT2D eigenvalue weighted by molar-refractivity contribution is 0.669. The summed E-state index contributed by atoms with van der Waals surface area (Å²) in [4.78, 5) is 15.3. The fraction of sp³-hybridized carbons (Fsp3) is 0. The highest BCUT2D eigenvalue weighted by Crippen LogP contribution is 2.42. The predicted octanol–water partition coefficient (Wildman–Crippen LogP) is 14.9. The summed E-state index contributed by atoms with van der Waals surface area (Å²) in [5.74, 6) is 1.82. The van der Waals surface area contributed by atoms with E-state index in [9.17, 15) is 0 Å². The first-order chi connectivity index (χ1) is 30.7. The van der Waals surface area contributed by atoms with Crippen molar-refractivity contribution in [2.24, 2.45) is 0 Å². The summed E-state index contributed by atoms with van der Waals surface area (Å²) in [7, 11) is 0. The second-order valence-corrected chi connectivity index (χ2v) is 15.6. The van der Waals surface area contributed by atoms with E-state index in [1.165, 1.54) is 16.5 Å². The van der Waals surface area contributed by atoms with Gasteiger partial charge < -0.3 is 8.98 Å². The van der Waals surface area contributed by atoms with Gasteiger partial charge in [0.15, 0.2) is 17.5 Å². The fourth-order valence-corrected chi connectivity index (χ4v) is 8.83. The van der Waals surface area contributed by atoms with Crippen LogP contribution in [0.5, 0.6) is 0 Å². The molecule has 0 bridgehead atoms. The average Bonchev–Trinajstić information content (AvgIpc) is 3.90. The van der Waals surface area contributed by atoms with Gasteiger partial charge in [0.1, 0.15) is 11.2 Å². The van der Waals surface area contributed by atoms with Gasteiger partial charge in [-0.25, -0.2) is 15.0 Å². The van der Waals surface area contributed by atoms with Crippen LogP contribution in [0.2, 0.25) is 0 Å². The minimum absolute atomic E-state index is 0.593. The van der Waals surface area contributed by atoms with E-state index in [1.807, 2.05) is 42.5 Å². The van der Waals surface area contributed by atoms with Crippen LogP contribution in [0.1, 0.15) is 0 Å². The Kier molecular flexibility index (Phi) is 8.42. The Hall–Kier alpha value is -8.41. The van der Waals surface area contributed by atoms with Gasteiger partial charge in [0.2, 0.25) is 0 Å². The van der Waals surface area contributed by atoms with Crippen LogP contribution in [-0.2, 0) is 0 Å². The SMILES string of the molecule is c1ccc(-c2ccc(-c3cccc(-n4c5ccccc5c5ccc6oc7ccc(-c8nc(-c9ccccc9)nc(-c9ccc(-c%10ccccc%10)cc9)n8)cc7c6c54)c3)cc2)cc1. The van der Waals surface area contributed by atoms with E-state index < -0.39 is 0 Å². The number of benzene rings is 9. The van der Waals surface area contributed by atoms with Crippen LogP contribution in [-0.4, -0.2) is 19.5 Å². The van der Waals surface area contributed by atoms with Gasteiger partial charge in [0, 0.05) is 38.5 Å². The zero-order valence-corrected chi connectivity index (χ0v) is 33.5. The predicted molar refractivity (Wildman–Crippen MR) is 254 cm³/mol. The molecule has 0 amide bonds. The van der Waals surface area contributed by atoms with Crippen molar-refractivity contribution < 1.29 is 4.42 Å². The largest absolute Gasteiger partial charge is 0.456 e. The van der Waals surface area contributed by atoms with Crippen molar-refractivity contribution >= 4 is 43.7 Å². The molecule has 62 heavy (non-hydrogen) atoms. The molecule has 0 saturated carbocycles. The molecule has 5 heteroatoms. The molecule has 0 N–H and O–H groups in total. The van der Waals surface area contributed by atoms with Crippen molar-refractivity contribution in [3.8, 4) is 73.2 Å². The van der Waals surface area contributed by atoms with E-state index in [0.717, 1.165) is 83.0 Å². The number of para-hydroxylation sites is 1. The molecule has 0 unspecified atom stereocenters. The van der Waals surface area contributed by atoms with Crippen LogP contribution in [0.15, 0.2) is 223 Å². The summed E-state index contributed by atoms with van der Waals surface area (Å²) >= 11 is 0. The molecule has 12 aromatic rings. The Morgan fingerprint density at radius 2 is 0.774 bits per heavy atom. The molecular weight excluding hydrogens is 757 g/mol. The van der Waals surface area contributed by atoms with Gasteiger partial charge in [-0.3, -0.25) is 0 Å². The van der Waals surface area contributed by atoms with E-state index in [4.69, 9.17) is 19.4 Å². The number of fused-ring (bicyclic) bond motifs is 7. The molecule has 5 nitrogen and oxygen atoms in total. The number of aromatic nitrogens is 4. The van der Waals surface area contributed by atoms with Gasteiger partial charge in [0.05, 0.1) is 16.4 Å². The molecule has 0 aliphatic rings. The summed E-state index contributed by atoms with van der Waals surface area (Å²) in [6.07, 6.45) is 0. The Bertz CT molecular complexity index is 3590. The first-order valence-corrected chi connectivity index (χ1v) is 20.8. The third-order valence-electron chi connectivity index (χ3n) is 11.9. The van der Waals surface area contributed by atoms with E-state index in [-0.39, 0.29) is 0 Å². The van der Waals surface area contributed by atoms with Crippen LogP contribution in [0.25, 0.3) is 117 Å². The molecule has 290 valence electrons. The van der Waals surface area contributed by atoms with Crippen LogP contribution >= 0.6 is 0 Å². The molecule has 9 aromatic carbocycles. The minimum atomic E-state index is 0.593. The third-order valence-corrected chi connectivity index (χ3v) is 11.9. The number of nitrogens with zero attached hydrogens (tertiary/aromatic N) is 4. The monoisotopic (exact) mass is 792 g/mol. The topological polar surface area (TPSA) is 56.7 Å². The van der Waals surface area contributed by atoms with Crippen molar-refractivity contribution in [2.75, 3.05) is 0 Å². The molecule has 0 aliphatic carbocycles. The molecular formula is C57H36N4O. The maximum Gasteiger partial charge on any atom is 0.164 e. The number of hydrogen-bond donors (Lipinski definition) is 0. The van der Waals surface area contributed by atoms with Crippen LogP contribution in [0, 0.1) is 0 Å². The van der Waals surface area contributed by atoms with E-state index in [0.29, 0.717) is 17.5 Å². The lowest BCUT2D eigenvalue weighted by Gasteiger charge is -2.12. The lowest BCUT2D eigenvalue weighted by Crippen LogP contribution is -2.00. The number of hydrogen-bond acceptors (Lipinski definition) is 4. The summed E-state index contributed by atoms with van der Waals surface area (Å²) in [5.41, 5.74) is 14.7. The van der Waals surface area contributed by atoms with Crippen LogP contribution < -0.4 is 0 Å². The molecule has 0 radical (unpaired) electrons. The van der Waals surface area contributed by atoms with Gasteiger partial charge in [-0.05, 0) is 81.9 Å². The van der Waals surface area contributed by atoms with Gasteiger partial charge >= 0.3 is 0 Å². The molecule has 0 spiro atoms. The first-order valence-electron chi connectivity index (χ1n) is 20.8. The van der Waals surface area contributed by atoms with E-state index in [2.05, 4.69) is 180 Å². The average molecular weight is 793 g/mol. The zero-order valence-electron chi connectivity index (χ0n) is 33.5. The number of furan rings is 1. The Labute approximate surface area is 357 Å². The van der Waals surface area contributed by atoms with Crippen molar-refractivity contribution in [1.29, 1.82) is 0 Å². The van der Waals surface area contributed by atoms with Crippen molar-refractivity contribution in [1.82, 2.24) is 19.5 Å². The molecule has 0 saturated heterocycles. The molecule has 12 rings (SSSR count). The minimum Gasteiger partial charge on any atom is -0.456 e. The molecule has 0 atom stereocenters. The second-order valence-electron chi connectivity index (χ2n) is 15.6. The van der Waals surface area contributed by atoms with Crippen molar-refractivity contribution in [2.45, 2.75) is 0 Å². The standard InChI is InChI=1S/C57H36N4O/c1-4-13-37(14-5-1)39-23-25-41(26-24-39)44-19-12-20-46(35-44)61-50-22-11-10-21-47(50)48-32-34-52-53(54(48)61)49-36-45(31-33-51(49)62-52)57-59-55(42-17-8-3-9-18-42)58-56(60-57)43-29-27-40(28-30-43)38-15-6-2-7-16-38/h1-36H. The van der Waals surface area contributed by atoms with Gasteiger partial charge in [-0.2, -0.15) is 0 Å². The summed E-state index contributed by atoms with van der Waals surface area (Å²) in [5, 5.41) is 4.38. The Morgan fingerprint density at radius 1 is 0.306 bits per heavy atom. The van der Waals surface area contributed by atoms with Crippen molar-refractivity contribution in [3.63, 3.8) is 0 Å². The van der Waals surface area contributed by atoms with Crippen molar-refractivity contribution in [3.05, 3.63) is 218 Å². The maximum atomic E-state index is 6.65. The fourth-order valence-electron chi connectivity index (χ4n) is 8.83. The van der Waals surface area contributed by atoms with Gasteiger partial charge in [0.25, 0.3) is 0 Å². The highest BCUT2D eigenvalue weighted by atomic mass is 16.3. The molecule has 3 aromatic heterocycles. The Balaban J connectivity index is 1.02. The quantitative estimate of drug-likeness (QED) is 0.161. The lowest BCUT2D eigenvalue weighted by atomic mass is 10.00. The summed E-state index contributed by atoms with van der Waals surface area (Å²) in [6, 6.07) is 76.3. The number of rotatable bonds is 7. The van der Waals surface area contributed by atoms with Gasteiger partial charge in [-0.15, -0.1) is 0 Å². The molecule has 0 fully saturated rings. The second kappa shape index (κ2) is 14.7. The van der Waals surface area contributed by atoms with E-state index >= 15 is 0 Å². The third kappa shape index (κ3) is 6.14.